The number of ether oxygens (including phenoxy) is 2. The maximum absolute atomic E-state index is 12.0. The van der Waals surface area contributed by atoms with Crippen molar-refractivity contribution in [2.45, 2.75) is 39.5 Å². The summed E-state index contributed by atoms with van der Waals surface area (Å²) in [6.45, 7) is 4.43. The van der Waals surface area contributed by atoms with Gasteiger partial charge in [-0.25, -0.2) is 0 Å². The molecule has 0 bridgehead atoms. The number of hydrogen-bond donors (Lipinski definition) is 1. The van der Waals surface area contributed by atoms with E-state index in [4.69, 9.17) is 21.1 Å². The Kier molecular flexibility index (Phi) is 10.4. The molecule has 1 aromatic carbocycles. The van der Waals surface area contributed by atoms with Gasteiger partial charge in [-0.15, -0.1) is 11.8 Å². The van der Waals surface area contributed by atoms with Gasteiger partial charge in [-0.05, 0) is 25.0 Å². The van der Waals surface area contributed by atoms with Crippen LogP contribution >= 0.6 is 23.4 Å². The summed E-state index contributed by atoms with van der Waals surface area (Å²) in [7, 11) is 1.52. The number of unbranched alkanes of at least 4 members (excludes halogenated alkanes) is 3. The summed E-state index contributed by atoms with van der Waals surface area (Å²) < 4.78 is 10.3. The van der Waals surface area contributed by atoms with Gasteiger partial charge in [0.2, 0.25) is 5.91 Å². The lowest BCUT2D eigenvalue weighted by atomic mass is 10.2. The second-order valence-corrected chi connectivity index (χ2v) is 7.02. The van der Waals surface area contributed by atoms with Crippen LogP contribution in [0.15, 0.2) is 12.1 Å². The third-order valence-electron chi connectivity index (χ3n) is 3.47. The number of thioether (sulfide) groups is 1. The van der Waals surface area contributed by atoms with Crippen LogP contribution in [0.1, 0.15) is 38.2 Å². The molecular formula is C18H26ClNO4S. The Morgan fingerprint density at radius 1 is 1.20 bits per heavy atom. The van der Waals surface area contributed by atoms with Crippen LogP contribution in [0.5, 0.6) is 5.75 Å². The van der Waals surface area contributed by atoms with E-state index in [0.29, 0.717) is 23.1 Å². The van der Waals surface area contributed by atoms with Crippen LogP contribution in [-0.4, -0.2) is 37.1 Å². The van der Waals surface area contributed by atoms with E-state index in [9.17, 15) is 9.59 Å². The van der Waals surface area contributed by atoms with Crippen molar-refractivity contribution in [3.05, 3.63) is 22.7 Å². The van der Waals surface area contributed by atoms with E-state index in [-0.39, 0.29) is 23.4 Å². The van der Waals surface area contributed by atoms with Gasteiger partial charge in [0.15, 0.2) is 0 Å². The predicted molar refractivity (Wildman–Crippen MR) is 104 cm³/mol. The average Bonchev–Trinajstić information content (AvgIpc) is 2.57. The van der Waals surface area contributed by atoms with Gasteiger partial charge in [0, 0.05) is 11.1 Å². The molecule has 0 aliphatic rings. The van der Waals surface area contributed by atoms with E-state index in [1.165, 1.54) is 18.9 Å². The van der Waals surface area contributed by atoms with Crippen molar-refractivity contribution in [3.63, 3.8) is 0 Å². The number of carbonyl (C=O) groups excluding carboxylic acids is 2. The molecule has 0 fully saturated rings. The van der Waals surface area contributed by atoms with Gasteiger partial charge in [-0.2, -0.15) is 0 Å². The molecule has 0 spiro atoms. The maximum Gasteiger partial charge on any atom is 0.315 e. The zero-order valence-electron chi connectivity index (χ0n) is 15.0. The highest BCUT2D eigenvalue weighted by Gasteiger charge is 2.11. The van der Waals surface area contributed by atoms with E-state index >= 15 is 0 Å². The number of carbonyl (C=O) groups is 2. The molecule has 0 saturated carbocycles. The smallest absolute Gasteiger partial charge is 0.315 e. The number of methoxy groups -OCH3 is 1. The maximum atomic E-state index is 12.0. The lowest BCUT2D eigenvalue weighted by molar-refractivity contribution is -0.140. The Morgan fingerprint density at radius 3 is 2.64 bits per heavy atom. The molecule has 25 heavy (non-hydrogen) atoms. The second-order valence-electron chi connectivity index (χ2n) is 5.62. The Hall–Kier alpha value is -1.40. The molecule has 7 heteroatoms. The Bertz CT molecular complexity index is 580. The summed E-state index contributed by atoms with van der Waals surface area (Å²) in [6.07, 6.45) is 4.26. The number of hydrogen-bond acceptors (Lipinski definition) is 5. The molecule has 0 aliphatic heterocycles. The van der Waals surface area contributed by atoms with Crippen LogP contribution in [0, 0.1) is 6.92 Å². The zero-order chi connectivity index (χ0) is 18.7. The van der Waals surface area contributed by atoms with E-state index < -0.39 is 0 Å². The highest BCUT2D eigenvalue weighted by molar-refractivity contribution is 8.00. The molecule has 0 unspecified atom stereocenters. The Balaban J connectivity index is 2.31. The van der Waals surface area contributed by atoms with Crippen LogP contribution in [-0.2, 0) is 14.3 Å². The average molecular weight is 388 g/mol. The lowest BCUT2D eigenvalue weighted by Crippen LogP contribution is -2.17. The van der Waals surface area contributed by atoms with Crippen molar-refractivity contribution < 1.29 is 19.1 Å². The van der Waals surface area contributed by atoms with E-state index in [0.717, 1.165) is 31.2 Å². The van der Waals surface area contributed by atoms with Crippen molar-refractivity contribution in [1.82, 2.24) is 0 Å². The molecule has 5 nitrogen and oxygen atoms in total. The molecule has 1 amide bonds. The van der Waals surface area contributed by atoms with Gasteiger partial charge in [0.25, 0.3) is 0 Å². The van der Waals surface area contributed by atoms with Crippen LogP contribution < -0.4 is 10.1 Å². The first-order valence-corrected chi connectivity index (χ1v) is 9.88. The first-order chi connectivity index (χ1) is 12.0. The summed E-state index contributed by atoms with van der Waals surface area (Å²) in [5, 5.41) is 3.35. The highest BCUT2D eigenvalue weighted by atomic mass is 35.5. The summed E-state index contributed by atoms with van der Waals surface area (Å²) in [5.74, 6) is 0.337. The molecular weight excluding hydrogens is 362 g/mol. The first-order valence-electron chi connectivity index (χ1n) is 8.35. The standard InChI is InChI=1S/C18H26ClNO4S/c1-4-5-6-7-8-24-18(22)12-25-11-17(21)20-15-9-13(2)14(19)10-16(15)23-3/h9-10H,4-8,11-12H2,1-3H3,(H,20,21). The van der Waals surface area contributed by atoms with E-state index in [2.05, 4.69) is 12.2 Å². The number of benzene rings is 1. The quantitative estimate of drug-likeness (QED) is 0.448. The Morgan fingerprint density at radius 2 is 1.96 bits per heavy atom. The monoisotopic (exact) mass is 387 g/mol. The predicted octanol–water partition coefficient (Wildman–Crippen LogP) is 4.45. The summed E-state index contributed by atoms with van der Waals surface area (Å²) in [4.78, 5) is 23.6. The number of nitrogens with one attached hydrogen (secondary N) is 1. The fourth-order valence-electron chi connectivity index (χ4n) is 2.10. The second kappa shape index (κ2) is 12.0. The molecule has 0 saturated heterocycles. The molecule has 140 valence electrons. The first kappa shape index (κ1) is 21.6. The molecule has 1 aromatic rings. The van der Waals surface area contributed by atoms with Crippen molar-refractivity contribution in [1.29, 1.82) is 0 Å². The van der Waals surface area contributed by atoms with E-state index in [1.807, 2.05) is 6.92 Å². The third kappa shape index (κ3) is 8.50. The van der Waals surface area contributed by atoms with Gasteiger partial charge in [-0.3, -0.25) is 9.59 Å². The van der Waals surface area contributed by atoms with Crippen molar-refractivity contribution in [2.75, 3.05) is 30.5 Å². The van der Waals surface area contributed by atoms with Crippen molar-refractivity contribution in [3.8, 4) is 5.75 Å². The molecule has 1 N–H and O–H groups in total. The topological polar surface area (TPSA) is 64.6 Å². The molecule has 1 rings (SSSR count). The fourth-order valence-corrected chi connectivity index (χ4v) is 2.86. The summed E-state index contributed by atoms with van der Waals surface area (Å²) in [6, 6.07) is 3.42. The molecule has 0 radical (unpaired) electrons. The number of rotatable bonds is 11. The summed E-state index contributed by atoms with van der Waals surface area (Å²) in [5.41, 5.74) is 1.41. The molecule has 0 aliphatic carbocycles. The molecule has 0 aromatic heterocycles. The van der Waals surface area contributed by atoms with Gasteiger partial charge in [0.05, 0.1) is 30.9 Å². The minimum Gasteiger partial charge on any atom is -0.495 e. The van der Waals surface area contributed by atoms with Gasteiger partial charge in [-0.1, -0.05) is 37.8 Å². The van der Waals surface area contributed by atoms with Crippen LogP contribution in [0.25, 0.3) is 0 Å². The SMILES string of the molecule is CCCCCCOC(=O)CSCC(=O)Nc1cc(C)c(Cl)cc1OC. The number of halogens is 1. The third-order valence-corrected chi connectivity index (χ3v) is 4.78. The van der Waals surface area contributed by atoms with Crippen molar-refractivity contribution in [2.24, 2.45) is 0 Å². The molecule has 0 heterocycles. The number of esters is 1. The van der Waals surface area contributed by atoms with Gasteiger partial charge in [0.1, 0.15) is 5.75 Å². The lowest BCUT2D eigenvalue weighted by Gasteiger charge is -2.12. The van der Waals surface area contributed by atoms with Crippen molar-refractivity contribution >= 4 is 40.9 Å². The largest absolute Gasteiger partial charge is 0.495 e. The van der Waals surface area contributed by atoms with Crippen LogP contribution in [0.2, 0.25) is 5.02 Å². The summed E-state index contributed by atoms with van der Waals surface area (Å²) >= 11 is 7.27. The number of amides is 1. The van der Waals surface area contributed by atoms with Gasteiger partial charge < -0.3 is 14.8 Å². The zero-order valence-corrected chi connectivity index (χ0v) is 16.6. The van der Waals surface area contributed by atoms with Gasteiger partial charge >= 0.3 is 5.97 Å². The highest BCUT2D eigenvalue weighted by Crippen LogP contribution is 2.30. The van der Waals surface area contributed by atoms with E-state index in [1.54, 1.807) is 12.1 Å². The normalized spacial score (nSPS) is 10.4. The van der Waals surface area contributed by atoms with Crippen LogP contribution in [0.4, 0.5) is 5.69 Å². The molecule has 0 atom stereocenters. The minimum absolute atomic E-state index is 0.162. The number of anilines is 1. The van der Waals surface area contributed by atoms with Crippen LogP contribution in [0.3, 0.4) is 0 Å². The minimum atomic E-state index is -0.283. The Labute approximate surface area is 158 Å². The fraction of sp³-hybridized carbons (Fsp3) is 0.556. The number of aryl methyl sites for hydroxylation is 1.